The SMILES string of the molecule is O=Cc1cc(Br)ccc1O.O=Cc1cc(N2CCN(Cc3ccccc3)CC2)ccc1O.c1ccc(CN2CCNCC2)cc1. The second kappa shape index (κ2) is 18.1. The van der Waals surface area contributed by atoms with Gasteiger partial charge in [-0.1, -0.05) is 76.6 Å². The van der Waals surface area contributed by atoms with Crippen molar-refractivity contribution in [2.24, 2.45) is 0 Å². The first-order chi connectivity index (χ1) is 21.9. The van der Waals surface area contributed by atoms with Gasteiger partial charge in [0.05, 0.1) is 11.1 Å². The molecule has 2 aliphatic heterocycles. The number of piperazine rings is 2. The molecule has 2 heterocycles. The zero-order valence-corrected chi connectivity index (χ0v) is 27.0. The molecule has 2 aliphatic rings. The maximum absolute atomic E-state index is 10.9. The third-order valence-corrected chi connectivity index (χ3v) is 8.19. The number of benzene rings is 4. The number of nitrogens with zero attached hydrogens (tertiary/aromatic N) is 3. The summed E-state index contributed by atoms with van der Waals surface area (Å²) in [5.74, 6) is 0.0552. The van der Waals surface area contributed by atoms with Gasteiger partial charge in [0.15, 0.2) is 12.6 Å². The van der Waals surface area contributed by atoms with Gasteiger partial charge in [-0.2, -0.15) is 0 Å². The summed E-state index contributed by atoms with van der Waals surface area (Å²) in [6.45, 7) is 10.5. The number of aromatic hydroxyl groups is 2. The predicted molar refractivity (Wildman–Crippen MR) is 183 cm³/mol. The van der Waals surface area contributed by atoms with E-state index in [0.29, 0.717) is 23.7 Å². The van der Waals surface area contributed by atoms with E-state index in [1.165, 1.54) is 30.3 Å². The van der Waals surface area contributed by atoms with Crippen LogP contribution in [0.3, 0.4) is 0 Å². The van der Waals surface area contributed by atoms with E-state index in [1.54, 1.807) is 24.3 Å². The molecule has 0 bridgehead atoms. The molecule has 0 saturated carbocycles. The first-order valence-electron chi connectivity index (χ1n) is 15.2. The Morgan fingerprint density at radius 1 is 0.622 bits per heavy atom. The van der Waals surface area contributed by atoms with Crippen molar-refractivity contribution < 1.29 is 19.8 Å². The van der Waals surface area contributed by atoms with Crippen LogP contribution in [0, 0.1) is 0 Å². The molecule has 4 aromatic carbocycles. The monoisotopic (exact) mass is 672 g/mol. The third kappa shape index (κ3) is 11.1. The Morgan fingerprint density at radius 2 is 1.11 bits per heavy atom. The summed E-state index contributed by atoms with van der Waals surface area (Å²) in [5, 5.41) is 21.9. The molecule has 8 nitrogen and oxygen atoms in total. The van der Waals surface area contributed by atoms with E-state index in [-0.39, 0.29) is 11.5 Å². The van der Waals surface area contributed by atoms with Crippen molar-refractivity contribution in [2.45, 2.75) is 13.1 Å². The number of aldehydes is 2. The van der Waals surface area contributed by atoms with Crippen molar-refractivity contribution in [3.63, 3.8) is 0 Å². The molecule has 2 saturated heterocycles. The Bertz CT molecular complexity index is 1480. The van der Waals surface area contributed by atoms with Gasteiger partial charge >= 0.3 is 0 Å². The quantitative estimate of drug-likeness (QED) is 0.219. The van der Waals surface area contributed by atoms with Crippen molar-refractivity contribution in [1.82, 2.24) is 15.1 Å². The van der Waals surface area contributed by atoms with Crippen molar-refractivity contribution in [2.75, 3.05) is 57.3 Å². The van der Waals surface area contributed by atoms with Gasteiger partial charge in [-0.05, 0) is 47.5 Å². The fourth-order valence-electron chi connectivity index (χ4n) is 5.17. The maximum atomic E-state index is 10.9. The normalized spacial score (nSPS) is 15.2. The summed E-state index contributed by atoms with van der Waals surface area (Å²) >= 11 is 3.17. The predicted octanol–water partition coefficient (Wildman–Crippen LogP) is 5.59. The molecule has 0 unspecified atom stereocenters. The molecular formula is C36H41BrN4O4. The Balaban J connectivity index is 0.000000170. The number of nitrogens with one attached hydrogen (secondary N) is 1. The molecule has 0 amide bonds. The van der Waals surface area contributed by atoms with Crippen LogP contribution in [0.4, 0.5) is 5.69 Å². The Kier molecular flexibility index (Phi) is 13.6. The van der Waals surface area contributed by atoms with Crippen LogP contribution in [0.5, 0.6) is 11.5 Å². The van der Waals surface area contributed by atoms with Gasteiger partial charge in [0.1, 0.15) is 11.5 Å². The van der Waals surface area contributed by atoms with Gasteiger partial charge in [-0.15, -0.1) is 0 Å². The number of anilines is 1. The van der Waals surface area contributed by atoms with E-state index in [0.717, 1.165) is 62.5 Å². The standard InChI is InChI=1S/C18H20N2O2.C11H16N2.C7H5BrO2/c21-14-16-12-17(6-7-18(16)22)20-10-8-19(9-11-20)13-15-4-2-1-3-5-15;1-2-4-11(5-3-1)10-13-8-6-12-7-9-13;8-6-1-2-7(10)5(3-6)4-9/h1-7,12,14,22H,8-11,13H2;1-5,12H,6-10H2;1-4,10H. The highest BCUT2D eigenvalue weighted by Gasteiger charge is 2.18. The minimum Gasteiger partial charge on any atom is -0.507 e. The van der Waals surface area contributed by atoms with Crippen molar-refractivity contribution >= 4 is 34.2 Å². The van der Waals surface area contributed by atoms with E-state index in [9.17, 15) is 14.7 Å². The highest BCUT2D eigenvalue weighted by Crippen LogP contribution is 2.24. The molecule has 0 radical (unpaired) electrons. The number of phenols is 2. The fraction of sp³-hybridized carbons (Fsp3) is 0.278. The molecule has 0 aliphatic carbocycles. The Hall–Kier alpha value is -4.02. The summed E-state index contributed by atoms with van der Waals surface area (Å²) in [6.07, 6.45) is 1.31. The number of hydrogen-bond donors (Lipinski definition) is 3. The summed E-state index contributed by atoms with van der Waals surface area (Å²) < 4.78 is 0.785. The van der Waals surface area contributed by atoms with Crippen LogP contribution in [0.15, 0.2) is 102 Å². The summed E-state index contributed by atoms with van der Waals surface area (Å²) in [5.41, 5.74) is 4.41. The molecular weight excluding hydrogens is 632 g/mol. The highest BCUT2D eigenvalue weighted by atomic mass is 79.9. The van der Waals surface area contributed by atoms with Gasteiger partial charge in [0, 0.05) is 75.6 Å². The second-order valence-corrected chi connectivity index (χ2v) is 11.9. The van der Waals surface area contributed by atoms with Crippen molar-refractivity contribution in [1.29, 1.82) is 0 Å². The maximum Gasteiger partial charge on any atom is 0.153 e. The Labute approximate surface area is 274 Å². The molecule has 9 heteroatoms. The first kappa shape index (κ1) is 33.9. The summed E-state index contributed by atoms with van der Waals surface area (Å²) in [4.78, 5) is 28.3. The largest absolute Gasteiger partial charge is 0.507 e. The van der Waals surface area contributed by atoms with Gasteiger partial charge in [-0.3, -0.25) is 19.4 Å². The molecule has 2 fully saturated rings. The number of phenolic OH excluding ortho intramolecular Hbond substituents is 2. The lowest BCUT2D eigenvalue weighted by Gasteiger charge is -2.36. The average molecular weight is 674 g/mol. The average Bonchev–Trinajstić information content (AvgIpc) is 3.08. The van der Waals surface area contributed by atoms with Crippen LogP contribution in [0.1, 0.15) is 31.8 Å². The zero-order valence-electron chi connectivity index (χ0n) is 25.4. The number of rotatable bonds is 7. The van der Waals surface area contributed by atoms with Crippen LogP contribution in [0.25, 0.3) is 0 Å². The fourth-order valence-corrected chi connectivity index (χ4v) is 5.55. The number of hydrogen-bond acceptors (Lipinski definition) is 8. The zero-order chi connectivity index (χ0) is 31.9. The number of halogens is 1. The number of carbonyl (C=O) groups excluding carboxylic acids is 2. The van der Waals surface area contributed by atoms with Crippen LogP contribution in [0.2, 0.25) is 0 Å². The lowest BCUT2D eigenvalue weighted by molar-refractivity contribution is 0.111. The molecule has 0 aromatic heterocycles. The van der Waals surface area contributed by atoms with Crippen LogP contribution >= 0.6 is 15.9 Å². The van der Waals surface area contributed by atoms with Crippen molar-refractivity contribution in [3.8, 4) is 11.5 Å². The lowest BCUT2D eigenvalue weighted by Crippen LogP contribution is -2.46. The van der Waals surface area contributed by atoms with Crippen LogP contribution in [-0.4, -0.2) is 84.9 Å². The van der Waals surface area contributed by atoms with Gasteiger partial charge in [0.2, 0.25) is 0 Å². The lowest BCUT2D eigenvalue weighted by atomic mass is 10.1. The smallest absolute Gasteiger partial charge is 0.153 e. The second-order valence-electron chi connectivity index (χ2n) is 10.9. The first-order valence-corrected chi connectivity index (χ1v) is 15.9. The Morgan fingerprint density at radius 3 is 1.62 bits per heavy atom. The minimum atomic E-state index is 0.0122. The molecule has 0 atom stereocenters. The van der Waals surface area contributed by atoms with E-state index in [4.69, 9.17) is 5.11 Å². The van der Waals surface area contributed by atoms with E-state index in [2.05, 4.69) is 90.5 Å². The molecule has 3 N–H and O–H groups in total. The number of carbonyl (C=O) groups is 2. The van der Waals surface area contributed by atoms with Crippen LogP contribution < -0.4 is 10.2 Å². The highest BCUT2D eigenvalue weighted by molar-refractivity contribution is 9.10. The summed E-state index contributed by atoms with van der Waals surface area (Å²) in [7, 11) is 0. The minimum absolute atomic E-state index is 0.0122. The molecule has 4 aromatic rings. The van der Waals surface area contributed by atoms with E-state index in [1.807, 2.05) is 12.1 Å². The summed E-state index contributed by atoms with van der Waals surface area (Å²) in [6, 6.07) is 31.1. The molecule has 236 valence electrons. The molecule has 45 heavy (non-hydrogen) atoms. The molecule has 6 rings (SSSR count). The van der Waals surface area contributed by atoms with Crippen LogP contribution in [-0.2, 0) is 13.1 Å². The van der Waals surface area contributed by atoms with Crippen molar-refractivity contribution in [3.05, 3.63) is 124 Å². The van der Waals surface area contributed by atoms with Gasteiger partial charge < -0.3 is 20.4 Å². The molecule has 0 spiro atoms. The topological polar surface area (TPSA) is 96.3 Å². The van der Waals surface area contributed by atoms with Gasteiger partial charge in [-0.25, -0.2) is 0 Å². The van der Waals surface area contributed by atoms with E-state index < -0.39 is 0 Å². The van der Waals surface area contributed by atoms with E-state index >= 15 is 0 Å². The third-order valence-electron chi connectivity index (χ3n) is 7.70. The van der Waals surface area contributed by atoms with Gasteiger partial charge in [0.25, 0.3) is 0 Å².